The molecule has 2 aromatic carbocycles. The molecule has 0 atom stereocenters. The molecular weight excluding hydrogens is 362 g/mol. The van der Waals surface area contributed by atoms with Gasteiger partial charge in [-0.25, -0.2) is 9.59 Å². The third kappa shape index (κ3) is 5.22. The molecule has 0 aliphatic carbocycles. The van der Waals surface area contributed by atoms with E-state index in [9.17, 15) is 14.9 Å². The Morgan fingerprint density at radius 3 is 2.11 bits per heavy atom. The smallest absolute Gasteiger partial charge is 0.338 e. The van der Waals surface area contributed by atoms with Crippen molar-refractivity contribution in [3.8, 4) is 6.07 Å². The van der Waals surface area contributed by atoms with E-state index in [0.29, 0.717) is 23.3 Å². The maximum absolute atomic E-state index is 11.9. The van der Waals surface area contributed by atoms with Crippen molar-refractivity contribution in [2.24, 2.45) is 0 Å². The van der Waals surface area contributed by atoms with Crippen LogP contribution in [0.1, 0.15) is 40.1 Å². The van der Waals surface area contributed by atoms with Crippen LogP contribution in [-0.2, 0) is 9.47 Å². The second-order valence-corrected chi connectivity index (χ2v) is 6.48. The molecule has 0 saturated carbocycles. The lowest BCUT2D eigenvalue weighted by molar-refractivity contribution is 0.0516. The molecule has 138 valence electrons. The Bertz CT molecular complexity index is 897. The van der Waals surface area contributed by atoms with Crippen LogP contribution in [0.3, 0.4) is 0 Å². The van der Waals surface area contributed by atoms with Gasteiger partial charge in [-0.2, -0.15) is 5.26 Å². The van der Waals surface area contributed by atoms with Crippen molar-refractivity contribution in [3.63, 3.8) is 0 Å². The highest BCUT2D eigenvalue weighted by molar-refractivity contribution is 7.99. The number of carbonyl (C=O) groups excluding carboxylic acids is 2. The van der Waals surface area contributed by atoms with Crippen LogP contribution in [0.5, 0.6) is 0 Å². The first kappa shape index (κ1) is 20.3. The fourth-order valence-electron chi connectivity index (χ4n) is 2.26. The molecule has 0 bridgehead atoms. The van der Waals surface area contributed by atoms with Crippen LogP contribution in [0, 0.1) is 11.3 Å². The average molecular weight is 381 g/mol. The first-order chi connectivity index (χ1) is 13.0. The van der Waals surface area contributed by atoms with E-state index in [1.54, 1.807) is 56.3 Å². The van der Waals surface area contributed by atoms with Gasteiger partial charge in [0.25, 0.3) is 0 Å². The summed E-state index contributed by atoms with van der Waals surface area (Å²) in [5.41, 5.74) is 1.67. The predicted octanol–water partition coefficient (Wildman–Crippen LogP) is 4.73. The fourth-order valence-corrected chi connectivity index (χ4v) is 3.21. The van der Waals surface area contributed by atoms with Crippen molar-refractivity contribution in [1.29, 1.82) is 5.26 Å². The van der Waals surface area contributed by atoms with E-state index in [1.807, 2.05) is 6.07 Å². The van der Waals surface area contributed by atoms with Gasteiger partial charge in [-0.3, -0.25) is 0 Å². The summed E-state index contributed by atoms with van der Waals surface area (Å²) in [7, 11) is 0. The fraction of sp³-hybridized carbons (Fsp3) is 0.190. The molecule has 0 saturated heterocycles. The number of allylic oxidation sites excluding steroid dienone is 1. The van der Waals surface area contributed by atoms with E-state index in [4.69, 9.17) is 9.47 Å². The lowest BCUT2D eigenvalue weighted by atomic mass is 10.1. The Labute approximate surface area is 162 Å². The van der Waals surface area contributed by atoms with Gasteiger partial charge in [-0.15, -0.1) is 0 Å². The molecule has 5 nitrogen and oxygen atoms in total. The second kappa shape index (κ2) is 9.60. The van der Waals surface area contributed by atoms with Gasteiger partial charge in [-0.1, -0.05) is 18.3 Å². The Hall–Kier alpha value is -3.04. The first-order valence-corrected chi connectivity index (χ1v) is 9.17. The van der Waals surface area contributed by atoms with Crippen LogP contribution in [0.4, 0.5) is 0 Å². The molecule has 0 aliphatic rings. The quantitative estimate of drug-likeness (QED) is 0.510. The summed E-state index contributed by atoms with van der Waals surface area (Å²) in [6, 6.07) is 14.0. The molecule has 0 amide bonds. The SMILES string of the molecule is C=C(C#N)c1cc(C(=O)OCC)ccc1Sc1ccc(C(=O)OCC)cc1. The lowest BCUT2D eigenvalue weighted by Crippen LogP contribution is -2.05. The van der Waals surface area contributed by atoms with E-state index in [0.717, 1.165) is 9.79 Å². The highest BCUT2D eigenvalue weighted by atomic mass is 32.2. The minimum Gasteiger partial charge on any atom is -0.462 e. The molecule has 0 aliphatic heterocycles. The van der Waals surface area contributed by atoms with Crippen molar-refractivity contribution in [3.05, 3.63) is 65.7 Å². The summed E-state index contributed by atoms with van der Waals surface area (Å²) < 4.78 is 9.98. The molecular formula is C21H19NO4S. The molecule has 27 heavy (non-hydrogen) atoms. The Morgan fingerprint density at radius 2 is 1.56 bits per heavy atom. The monoisotopic (exact) mass is 381 g/mol. The Balaban J connectivity index is 2.29. The minimum absolute atomic E-state index is 0.256. The van der Waals surface area contributed by atoms with E-state index >= 15 is 0 Å². The summed E-state index contributed by atoms with van der Waals surface area (Å²) in [6.45, 7) is 7.85. The highest BCUT2D eigenvalue weighted by Gasteiger charge is 2.14. The molecule has 0 fully saturated rings. The van der Waals surface area contributed by atoms with Gasteiger partial charge in [0.05, 0.1) is 36.0 Å². The number of benzene rings is 2. The topological polar surface area (TPSA) is 76.4 Å². The van der Waals surface area contributed by atoms with Crippen molar-refractivity contribution < 1.29 is 19.1 Å². The van der Waals surface area contributed by atoms with Crippen LogP contribution >= 0.6 is 11.8 Å². The van der Waals surface area contributed by atoms with Gasteiger partial charge in [0.2, 0.25) is 0 Å². The zero-order chi connectivity index (χ0) is 19.8. The van der Waals surface area contributed by atoms with Gasteiger partial charge in [0, 0.05) is 15.4 Å². The summed E-state index contributed by atoms with van der Waals surface area (Å²) in [4.78, 5) is 25.3. The number of carbonyl (C=O) groups is 2. The number of rotatable bonds is 7. The summed E-state index contributed by atoms with van der Waals surface area (Å²) >= 11 is 1.41. The van der Waals surface area contributed by atoms with E-state index < -0.39 is 5.97 Å². The van der Waals surface area contributed by atoms with Gasteiger partial charge >= 0.3 is 11.9 Å². The van der Waals surface area contributed by atoms with E-state index in [-0.39, 0.29) is 18.1 Å². The van der Waals surface area contributed by atoms with Crippen molar-refractivity contribution in [2.45, 2.75) is 23.6 Å². The van der Waals surface area contributed by atoms with Crippen molar-refractivity contribution in [1.82, 2.24) is 0 Å². The number of nitrogens with zero attached hydrogens (tertiary/aromatic N) is 1. The maximum atomic E-state index is 11.9. The molecule has 0 unspecified atom stereocenters. The molecule has 0 aromatic heterocycles. The van der Waals surface area contributed by atoms with Crippen LogP contribution < -0.4 is 0 Å². The van der Waals surface area contributed by atoms with Crippen LogP contribution in [-0.4, -0.2) is 25.2 Å². The first-order valence-electron chi connectivity index (χ1n) is 8.35. The molecule has 0 heterocycles. The Kier molecular flexibility index (Phi) is 7.21. The Morgan fingerprint density at radius 1 is 1.00 bits per heavy atom. The molecule has 0 radical (unpaired) electrons. The standard InChI is InChI=1S/C21H19NO4S/c1-4-25-20(23)15-6-9-17(10-7-15)27-19-11-8-16(21(24)26-5-2)12-18(19)14(3)13-22/h6-12H,3-5H2,1-2H3. The van der Waals surface area contributed by atoms with Crippen LogP contribution in [0.2, 0.25) is 0 Å². The predicted molar refractivity (Wildman–Crippen MR) is 104 cm³/mol. The maximum Gasteiger partial charge on any atom is 0.338 e. The molecule has 0 N–H and O–H groups in total. The number of ether oxygens (including phenoxy) is 2. The van der Waals surface area contributed by atoms with Gasteiger partial charge in [0.15, 0.2) is 0 Å². The van der Waals surface area contributed by atoms with Gasteiger partial charge in [0.1, 0.15) is 0 Å². The highest BCUT2D eigenvalue weighted by Crippen LogP contribution is 2.34. The zero-order valence-corrected chi connectivity index (χ0v) is 16.0. The summed E-state index contributed by atoms with van der Waals surface area (Å²) in [6.07, 6.45) is 0. The van der Waals surface area contributed by atoms with Crippen LogP contribution in [0.15, 0.2) is 58.8 Å². The van der Waals surface area contributed by atoms with E-state index in [2.05, 4.69) is 6.58 Å². The molecule has 6 heteroatoms. The third-order valence-electron chi connectivity index (χ3n) is 3.54. The third-order valence-corrected chi connectivity index (χ3v) is 4.63. The normalized spacial score (nSPS) is 9.96. The molecule has 2 rings (SSSR count). The van der Waals surface area contributed by atoms with E-state index in [1.165, 1.54) is 11.8 Å². The zero-order valence-electron chi connectivity index (χ0n) is 15.2. The summed E-state index contributed by atoms with van der Waals surface area (Å²) in [5.74, 6) is -0.814. The van der Waals surface area contributed by atoms with Gasteiger partial charge in [-0.05, 0) is 56.3 Å². The van der Waals surface area contributed by atoms with Crippen molar-refractivity contribution in [2.75, 3.05) is 13.2 Å². The number of nitriles is 1. The summed E-state index contributed by atoms with van der Waals surface area (Å²) in [5, 5.41) is 9.23. The number of hydrogen-bond donors (Lipinski definition) is 0. The van der Waals surface area contributed by atoms with Gasteiger partial charge < -0.3 is 9.47 Å². The second-order valence-electron chi connectivity index (χ2n) is 5.37. The number of esters is 2. The van der Waals surface area contributed by atoms with Crippen molar-refractivity contribution >= 4 is 29.3 Å². The number of hydrogen-bond acceptors (Lipinski definition) is 6. The van der Waals surface area contributed by atoms with Crippen LogP contribution in [0.25, 0.3) is 5.57 Å². The lowest BCUT2D eigenvalue weighted by Gasteiger charge is -2.11. The molecule has 0 spiro atoms. The average Bonchev–Trinajstić information content (AvgIpc) is 2.68. The molecule has 2 aromatic rings. The minimum atomic E-state index is -0.445. The largest absolute Gasteiger partial charge is 0.462 e.